The summed E-state index contributed by atoms with van der Waals surface area (Å²) in [6.07, 6.45) is 1.16. The molecule has 2 nitrogen and oxygen atoms in total. The van der Waals surface area contributed by atoms with Crippen LogP contribution in [-0.4, -0.2) is 13.2 Å². The second-order valence-electron chi connectivity index (χ2n) is 7.14. The number of aryl methyl sites for hydroxylation is 1. The van der Waals surface area contributed by atoms with Crippen LogP contribution >= 0.6 is 0 Å². The molecule has 0 saturated carbocycles. The molecule has 0 saturated heterocycles. The van der Waals surface area contributed by atoms with Gasteiger partial charge in [-0.05, 0) is 36.4 Å². The van der Waals surface area contributed by atoms with Crippen molar-refractivity contribution in [3.8, 4) is 5.75 Å². The van der Waals surface area contributed by atoms with Gasteiger partial charge in [0.25, 0.3) is 0 Å². The zero-order chi connectivity index (χ0) is 14.9. The third-order valence-electron chi connectivity index (χ3n) is 4.21. The molecule has 0 aliphatic carbocycles. The predicted molar refractivity (Wildman–Crippen MR) is 85.6 cm³/mol. The Morgan fingerprint density at radius 3 is 2.60 bits per heavy atom. The molecule has 2 unspecified atom stereocenters. The molecule has 20 heavy (non-hydrogen) atoms. The Hall–Kier alpha value is -1.02. The fourth-order valence-electron chi connectivity index (χ4n) is 3.03. The zero-order valence-corrected chi connectivity index (χ0v) is 13.8. The zero-order valence-electron chi connectivity index (χ0n) is 13.8. The topological polar surface area (TPSA) is 21.3 Å². The Balaban J connectivity index is 2.50. The van der Waals surface area contributed by atoms with Crippen LogP contribution in [0, 0.1) is 12.8 Å². The maximum atomic E-state index is 6.14. The van der Waals surface area contributed by atoms with Crippen LogP contribution in [0.4, 0.5) is 0 Å². The van der Waals surface area contributed by atoms with Gasteiger partial charge in [0.05, 0.1) is 6.61 Å². The van der Waals surface area contributed by atoms with E-state index < -0.39 is 0 Å². The SMILES string of the molecule is CCCNC1c2c(C)ccc(C(C)(C)C)c2OCC1C. The van der Waals surface area contributed by atoms with Crippen molar-refractivity contribution in [2.24, 2.45) is 5.92 Å². The van der Waals surface area contributed by atoms with Gasteiger partial charge < -0.3 is 10.1 Å². The second-order valence-corrected chi connectivity index (χ2v) is 7.14. The highest BCUT2D eigenvalue weighted by molar-refractivity contribution is 5.51. The Labute approximate surface area is 123 Å². The predicted octanol–water partition coefficient (Wildman–Crippen LogP) is 4.36. The average Bonchev–Trinajstić information content (AvgIpc) is 2.36. The summed E-state index contributed by atoms with van der Waals surface area (Å²) in [4.78, 5) is 0. The van der Waals surface area contributed by atoms with E-state index in [9.17, 15) is 0 Å². The summed E-state index contributed by atoms with van der Waals surface area (Å²) in [6, 6.07) is 4.91. The average molecular weight is 275 g/mol. The molecule has 1 heterocycles. The van der Waals surface area contributed by atoms with Crippen LogP contribution in [0.3, 0.4) is 0 Å². The number of nitrogens with one attached hydrogen (secondary N) is 1. The molecule has 1 aliphatic rings. The van der Waals surface area contributed by atoms with Gasteiger partial charge in [0.2, 0.25) is 0 Å². The summed E-state index contributed by atoms with van der Waals surface area (Å²) in [5.41, 5.74) is 4.17. The molecular formula is C18H29NO. The minimum atomic E-state index is 0.119. The van der Waals surface area contributed by atoms with E-state index in [1.807, 2.05) is 0 Å². The molecule has 1 aliphatic heterocycles. The number of hydrogen-bond donors (Lipinski definition) is 1. The van der Waals surface area contributed by atoms with Gasteiger partial charge in [0.1, 0.15) is 5.75 Å². The smallest absolute Gasteiger partial charge is 0.128 e. The molecule has 0 bridgehead atoms. The van der Waals surface area contributed by atoms with Gasteiger partial charge in [-0.25, -0.2) is 0 Å². The third-order valence-corrected chi connectivity index (χ3v) is 4.21. The molecule has 0 amide bonds. The van der Waals surface area contributed by atoms with Gasteiger partial charge in [-0.3, -0.25) is 0 Å². The standard InChI is InChI=1S/C18H29NO/c1-7-10-19-16-13(3)11-20-17-14(18(4,5)6)9-8-12(2)15(16)17/h8-9,13,16,19H,7,10-11H2,1-6H3. The van der Waals surface area contributed by atoms with Crippen LogP contribution in [-0.2, 0) is 5.41 Å². The number of hydrogen-bond acceptors (Lipinski definition) is 2. The lowest BCUT2D eigenvalue weighted by atomic mass is 9.80. The minimum absolute atomic E-state index is 0.119. The fourth-order valence-corrected chi connectivity index (χ4v) is 3.03. The highest BCUT2D eigenvalue weighted by Crippen LogP contribution is 2.43. The van der Waals surface area contributed by atoms with Gasteiger partial charge in [-0.1, -0.05) is 46.8 Å². The molecule has 1 aromatic rings. The first-order valence-electron chi connectivity index (χ1n) is 7.86. The van der Waals surface area contributed by atoms with E-state index in [1.54, 1.807) is 0 Å². The van der Waals surface area contributed by atoms with Crippen LogP contribution in [0.1, 0.15) is 63.8 Å². The monoisotopic (exact) mass is 275 g/mol. The van der Waals surface area contributed by atoms with Crippen LogP contribution in [0.2, 0.25) is 0 Å². The molecule has 2 heteroatoms. The molecule has 0 aromatic heterocycles. The van der Waals surface area contributed by atoms with Crippen molar-refractivity contribution in [2.45, 2.75) is 59.4 Å². The molecule has 0 radical (unpaired) electrons. The first-order chi connectivity index (χ1) is 9.36. The molecule has 1 aromatic carbocycles. The number of rotatable bonds is 3. The maximum Gasteiger partial charge on any atom is 0.128 e. The summed E-state index contributed by atoms with van der Waals surface area (Å²) >= 11 is 0. The summed E-state index contributed by atoms with van der Waals surface area (Å²) < 4.78 is 6.14. The highest BCUT2D eigenvalue weighted by Gasteiger charge is 2.33. The van der Waals surface area contributed by atoms with Crippen LogP contribution < -0.4 is 10.1 Å². The van der Waals surface area contributed by atoms with Crippen molar-refractivity contribution in [1.29, 1.82) is 0 Å². The first kappa shape index (κ1) is 15.4. The van der Waals surface area contributed by atoms with Crippen LogP contribution in [0.5, 0.6) is 5.75 Å². The molecule has 2 atom stereocenters. The molecular weight excluding hydrogens is 246 g/mol. The van der Waals surface area contributed by atoms with Gasteiger partial charge in [0.15, 0.2) is 0 Å². The molecule has 0 spiro atoms. The Bertz CT molecular complexity index is 473. The van der Waals surface area contributed by atoms with Crippen molar-refractivity contribution in [3.05, 3.63) is 28.8 Å². The Morgan fingerprint density at radius 1 is 1.30 bits per heavy atom. The van der Waals surface area contributed by atoms with E-state index in [1.165, 1.54) is 16.7 Å². The van der Waals surface area contributed by atoms with E-state index in [0.29, 0.717) is 12.0 Å². The number of ether oxygens (including phenoxy) is 1. The van der Waals surface area contributed by atoms with Crippen molar-refractivity contribution < 1.29 is 4.74 Å². The fraction of sp³-hybridized carbons (Fsp3) is 0.667. The molecule has 2 rings (SSSR count). The van der Waals surface area contributed by atoms with E-state index in [0.717, 1.165) is 25.3 Å². The normalized spacial score (nSPS) is 22.3. The highest BCUT2D eigenvalue weighted by atomic mass is 16.5. The first-order valence-corrected chi connectivity index (χ1v) is 7.86. The Kier molecular flexibility index (Phi) is 4.43. The van der Waals surface area contributed by atoms with Gasteiger partial charge in [0, 0.05) is 17.5 Å². The molecule has 0 fully saturated rings. The van der Waals surface area contributed by atoms with E-state index >= 15 is 0 Å². The maximum absolute atomic E-state index is 6.14. The Morgan fingerprint density at radius 2 is 2.00 bits per heavy atom. The summed E-state index contributed by atoms with van der Waals surface area (Å²) in [5, 5.41) is 3.72. The molecule has 112 valence electrons. The van der Waals surface area contributed by atoms with Crippen LogP contribution in [0.25, 0.3) is 0 Å². The summed E-state index contributed by atoms with van der Waals surface area (Å²) in [5.74, 6) is 1.65. The van der Waals surface area contributed by atoms with Gasteiger partial charge >= 0.3 is 0 Å². The molecule has 1 N–H and O–H groups in total. The summed E-state index contributed by atoms with van der Waals surface area (Å²) in [6.45, 7) is 15.3. The lowest BCUT2D eigenvalue weighted by molar-refractivity contribution is 0.184. The lowest BCUT2D eigenvalue weighted by Crippen LogP contribution is -2.36. The van der Waals surface area contributed by atoms with Crippen LogP contribution in [0.15, 0.2) is 12.1 Å². The van der Waals surface area contributed by atoms with Gasteiger partial charge in [-0.15, -0.1) is 0 Å². The van der Waals surface area contributed by atoms with Gasteiger partial charge in [-0.2, -0.15) is 0 Å². The van der Waals surface area contributed by atoms with Crippen molar-refractivity contribution >= 4 is 0 Å². The van der Waals surface area contributed by atoms with Crippen molar-refractivity contribution in [2.75, 3.05) is 13.2 Å². The lowest BCUT2D eigenvalue weighted by Gasteiger charge is -2.36. The van der Waals surface area contributed by atoms with E-state index in [2.05, 4.69) is 59.0 Å². The second kappa shape index (κ2) is 5.77. The van der Waals surface area contributed by atoms with E-state index in [4.69, 9.17) is 4.74 Å². The van der Waals surface area contributed by atoms with E-state index in [-0.39, 0.29) is 5.41 Å². The summed E-state index contributed by atoms with van der Waals surface area (Å²) in [7, 11) is 0. The van der Waals surface area contributed by atoms with Crippen molar-refractivity contribution in [3.63, 3.8) is 0 Å². The largest absolute Gasteiger partial charge is 0.493 e. The van der Waals surface area contributed by atoms with Crippen molar-refractivity contribution in [1.82, 2.24) is 5.32 Å². The quantitative estimate of drug-likeness (QED) is 0.885. The number of benzene rings is 1. The minimum Gasteiger partial charge on any atom is -0.493 e. The third kappa shape index (κ3) is 2.85. The number of fused-ring (bicyclic) bond motifs is 1.